The van der Waals surface area contributed by atoms with Gasteiger partial charge in [0.05, 0.1) is 30.1 Å². The van der Waals surface area contributed by atoms with Gasteiger partial charge in [-0.1, -0.05) is 18.2 Å². The number of carbonyl (C=O) groups excluding carboxylic acids is 1. The van der Waals surface area contributed by atoms with Gasteiger partial charge >= 0.3 is 0 Å². The van der Waals surface area contributed by atoms with Gasteiger partial charge in [-0.05, 0) is 50.6 Å². The van der Waals surface area contributed by atoms with Crippen molar-refractivity contribution in [1.29, 1.82) is 0 Å². The Morgan fingerprint density at radius 3 is 2.73 bits per heavy atom. The molecule has 0 saturated carbocycles. The summed E-state index contributed by atoms with van der Waals surface area (Å²) in [5.41, 5.74) is 4.74. The monoisotopic (exact) mass is 401 g/mol. The summed E-state index contributed by atoms with van der Waals surface area (Å²) in [6.07, 6.45) is 3.28. The standard InChI is InChI=1S/C23H23N5O2/c1-14(2)27-23(29)17-9-8-15(3)20(11-17)28-22-19(12-26-28)21(24-13-25-22)16-6-5-7-18(10-16)30-4/h5-14H,1-4H3,(H,27,29). The zero-order chi connectivity index (χ0) is 21.3. The summed E-state index contributed by atoms with van der Waals surface area (Å²) >= 11 is 0. The van der Waals surface area contributed by atoms with Crippen molar-refractivity contribution in [1.82, 2.24) is 25.1 Å². The van der Waals surface area contributed by atoms with Crippen LogP contribution >= 0.6 is 0 Å². The Kier molecular flexibility index (Phi) is 5.18. The number of benzene rings is 2. The van der Waals surface area contributed by atoms with Crippen LogP contribution in [0.25, 0.3) is 28.0 Å². The fraction of sp³-hybridized carbons (Fsp3) is 0.217. The molecule has 4 aromatic rings. The highest BCUT2D eigenvalue weighted by Gasteiger charge is 2.16. The summed E-state index contributed by atoms with van der Waals surface area (Å²) in [6.45, 7) is 5.85. The van der Waals surface area contributed by atoms with Crippen molar-refractivity contribution in [3.8, 4) is 22.7 Å². The fourth-order valence-corrected chi connectivity index (χ4v) is 3.35. The first-order valence-corrected chi connectivity index (χ1v) is 9.73. The predicted octanol–water partition coefficient (Wildman–Crippen LogP) is 3.94. The van der Waals surface area contributed by atoms with Crippen LogP contribution in [-0.4, -0.2) is 38.8 Å². The molecule has 2 aromatic carbocycles. The molecule has 2 heterocycles. The Balaban J connectivity index is 1.83. The molecule has 1 amide bonds. The van der Waals surface area contributed by atoms with E-state index in [2.05, 4.69) is 20.4 Å². The maximum Gasteiger partial charge on any atom is 0.251 e. The number of hydrogen-bond donors (Lipinski definition) is 1. The molecule has 0 aliphatic heterocycles. The normalized spacial score (nSPS) is 11.1. The summed E-state index contributed by atoms with van der Waals surface area (Å²) in [4.78, 5) is 21.4. The van der Waals surface area contributed by atoms with Crippen molar-refractivity contribution in [2.45, 2.75) is 26.8 Å². The summed E-state index contributed by atoms with van der Waals surface area (Å²) in [5, 5.41) is 8.31. The molecule has 0 spiro atoms. The molecule has 2 aromatic heterocycles. The van der Waals surface area contributed by atoms with Gasteiger partial charge in [-0.15, -0.1) is 0 Å². The van der Waals surface area contributed by atoms with Crippen molar-refractivity contribution < 1.29 is 9.53 Å². The Morgan fingerprint density at radius 1 is 1.13 bits per heavy atom. The Bertz CT molecular complexity index is 1230. The topological polar surface area (TPSA) is 81.9 Å². The third-order valence-electron chi connectivity index (χ3n) is 4.83. The van der Waals surface area contributed by atoms with Crippen LogP contribution in [0.1, 0.15) is 29.8 Å². The van der Waals surface area contributed by atoms with Gasteiger partial charge in [-0.3, -0.25) is 4.79 Å². The summed E-state index contributed by atoms with van der Waals surface area (Å²) in [5.74, 6) is 0.640. The lowest BCUT2D eigenvalue weighted by molar-refractivity contribution is 0.0943. The average molecular weight is 401 g/mol. The second kappa shape index (κ2) is 7.94. The largest absolute Gasteiger partial charge is 0.497 e. The van der Waals surface area contributed by atoms with E-state index < -0.39 is 0 Å². The zero-order valence-electron chi connectivity index (χ0n) is 17.4. The van der Waals surface area contributed by atoms with Crippen LogP contribution in [0.2, 0.25) is 0 Å². The first-order chi connectivity index (χ1) is 14.5. The molecule has 0 atom stereocenters. The van der Waals surface area contributed by atoms with E-state index in [0.717, 1.165) is 33.6 Å². The van der Waals surface area contributed by atoms with Crippen molar-refractivity contribution in [3.05, 3.63) is 66.1 Å². The third-order valence-corrected chi connectivity index (χ3v) is 4.83. The number of aryl methyl sites for hydroxylation is 1. The van der Waals surface area contributed by atoms with E-state index in [1.807, 2.05) is 63.2 Å². The van der Waals surface area contributed by atoms with Gasteiger partial charge < -0.3 is 10.1 Å². The van der Waals surface area contributed by atoms with Crippen molar-refractivity contribution in [2.75, 3.05) is 7.11 Å². The number of fused-ring (bicyclic) bond motifs is 1. The molecule has 0 aliphatic carbocycles. The number of hydrogen-bond acceptors (Lipinski definition) is 5. The van der Waals surface area contributed by atoms with Crippen LogP contribution in [0.4, 0.5) is 0 Å². The number of ether oxygens (including phenoxy) is 1. The third kappa shape index (κ3) is 3.61. The number of carbonyl (C=O) groups is 1. The maximum absolute atomic E-state index is 12.5. The first-order valence-electron chi connectivity index (χ1n) is 9.73. The Morgan fingerprint density at radius 2 is 1.97 bits per heavy atom. The Hall–Kier alpha value is -3.74. The summed E-state index contributed by atoms with van der Waals surface area (Å²) < 4.78 is 7.09. The van der Waals surface area contributed by atoms with E-state index in [0.29, 0.717) is 11.2 Å². The molecular formula is C23H23N5O2. The van der Waals surface area contributed by atoms with Crippen molar-refractivity contribution in [2.24, 2.45) is 0 Å². The number of aromatic nitrogens is 4. The first kappa shape index (κ1) is 19.6. The highest BCUT2D eigenvalue weighted by Crippen LogP contribution is 2.29. The lowest BCUT2D eigenvalue weighted by Gasteiger charge is -2.12. The number of methoxy groups -OCH3 is 1. The van der Waals surface area contributed by atoms with Crippen LogP contribution in [0.5, 0.6) is 5.75 Å². The second-order valence-corrected chi connectivity index (χ2v) is 7.38. The minimum Gasteiger partial charge on any atom is -0.497 e. The van der Waals surface area contributed by atoms with Crippen LogP contribution in [0.3, 0.4) is 0 Å². The molecule has 0 bridgehead atoms. The van der Waals surface area contributed by atoms with Crippen LogP contribution in [0.15, 0.2) is 55.0 Å². The van der Waals surface area contributed by atoms with Gasteiger partial charge in [0, 0.05) is 17.2 Å². The molecule has 0 fully saturated rings. The number of nitrogens with zero attached hydrogens (tertiary/aromatic N) is 4. The van der Waals surface area contributed by atoms with Gasteiger partial charge in [0.1, 0.15) is 12.1 Å². The van der Waals surface area contributed by atoms with Gasteiger partial charge in [0.15, 0.2) is 5.65 Å². The van der Waals surface area contributed by atoms with Gasteiger partial charge in [-0.2, -0.15) is 5.10 Å². The van der Waals surface area contributed by atoms with E-state index >= 15 is 0 Å². The molecule has 7 heteroatoms. The highest BCUT2D eigenvalue weighted by molar-refractivity contribution is 5.95. The molecule has 0 unspecified atom stereocenters. The van der Waals surface area contributed by atoms with E-state index in [1.165, 1.54) is 6.33 Å². The van der Waals surface area contributed by atoms with E-state index in [4.69, 9.17) is 4.74 Å². The SMILES string of the molecule is COc1cccc(-c2ncnc3c2cnn3-c2cc(C(=O)NC(C)C)ccc2C)c1. The minimum absolute atomic E-state index is 0.0611. The van der Waals surface area contributed by atoms with E-state index in [9.17, 15) is 4.79 Å². The van der Waals surface area contributed by atoms with E-state index in [1.54, 1.807) is 18.0 Å². The predicted molar refractivity (Wildman–Crippen MR) is 116 cm³/mol. The average Bonchev–Trinajstić information content (AvgIpc) is 3.17. The molecular weight excluding hydrogens is 378 g/mol. The summed E-state index contributed by atoms with van der Waals surface area (Å²) in [7, 11) is 1.64. The molecule has 0 aliphatic rings. The van der Waals surface area contributed by atoms with Crippen molar-refractivity contribution >= 4 is 16.9 Å². The molecule has 30 heavy (non-hydrogen) atoms. The molecule has 1 N–H and O–H groups in total. The molecule has 4 rings (SSSR count). The number of rotatable bonds is 5. The quantitative estimate of drug-likeness (QED) is 0.548. The lowest BCUT2D eigenvalue weighted by atomic mass is 10.1. The van der Waals surface area contributed by atoms with Crippen LogP contribution in [0, 0.1) is 6.92 Å². The number of nitrogens with one attached hydrogen (secondary N) is 1. The molecule has 0 saturated heterocycles. The minimum atomic E-state index is -0.116. The lowest BCUT2D eigenvalue weighted by Crippen LogP contribution is -2.30. The Labute approximate surface area is 174 Å². The molecule has 7 nitrogen and oxygen atoms in total. The highest BCUT2D eigenvalue weighted by atomic mass is 16.5. The summed E-state index contributed by atoms with van der Waals surface area (Å²) in [6, 6.07) is 13.4. The smallest absolute Gasteiger partial charge is 0.251 e. The van der Waals surface area contributed by atoms with Crippen molar-refractivity contribution in [3.63, 3.8) is 0 Å². The molecule has 152 valence electrons. The number of amides is 1. The zero-order valence-corrected chi connectivity index (χ0v) is 17.4. The van der Waals surface area contributed by atoms with Crippen LogP contribution in [-0.2, 0) is 0 Å². The van der Waals surface area contributed by atoms with Gasteiger partial charge in [0.2, 0.25) is 0 Å². The van der Waals surface area contributed by atoms with Crippen LogP contribution < -0.4 is 10.1 Å². The van der Waals surface area contributed by atoms with Gasteiger partial charge in [-0.25, -0.2) is 14.6 Å². The maximum atomic E-state index is 12.5. The van der Waals surface area contributed by atoms with E-state index in [-0.39, 0.29) is 11.9 Å². The second-order valence-electron chi connectivity index (χ2n) is 7.38. The van der Waals surface area contributed by atoms with Gasteiger partial charge in [0.25, 0.3) is 5.91 Å². The fourth-order valence-electron chi connectivity index (χ4n) is 3.35. The molecule has 0 radical (unpaired) electrons.